The minimum Gasteiger partial charge on any atom is -0.452 e. The largest absolute Gasteiger partial charge is 0.452 e. The molecule has 2 amide bonds. The number of hydrogen-bond donors (Lipinski definition) is 2. The summed E-state index contributed by atoms with van der Waals surface area (Å²) < 4.78 is 5.03. The molecular formula is C19H20N2O4S. The van der Waals surface area contributed by atoms with Gasteiger partial charge in [-0.1, -0.05) is 6.07 Å². The summed E-state index contributed by atoms with van der Waals surface area (Å²) in [5.74, 6) is -0.517. The van der Waals surface area contributed by atoms with Crippen LogP contribution in [0.1, 0.15) is 39.8 Å². The van der Waals surface area contributed by atoms with E-state index in [9.17, 15) is 14.4 Å². The van der Waals surface area contributed by atoms with Gasteiger partial charge in [-0.3, -0.25) is 9.59 Å². The van der Waals surface area contributed by atoms with Crippen LogP contribution < -0.4 is 10.6 Å². The average Bonchev–Trinajstić information content (AvgIpc) is 3.34. The summed E-state index contributed by atoms with van der Waals surface area (Å²) in [6.45, 7) is 1.66. The third-order valence-electron chi connectivity index (χ3n) is 4.18. The molecule has 6 nitrogen and oxygen atoms in total. The van der Waals surface area contributed by atoms with Crippen LogP contribution in [0, 0.1) is 5.92 Å². The Hall–Kier alpha value is -2.67. The third-order valence-corrected chi connectivity index (χ3v) is 5.04. The van der Waals surface area contributed by atoms with E-state index in [1.54, 1.807) is 36.4 Å². The number of anilines is 1. The molecule has 136 valence electrons. The molecule has 3 rings (SSSR count). The molecule has 1 aliphatic carbocycles. The van der Waals surface area contributed by atoms with Gasteiger partial charge in [0.25, 0.3) is 11.8 Å². The summed E-state index contributed by atoms with van der Waals surface area (Å²) in [6, 6.07) is 10.0. The molecule has 1 heterocycles. The minimum absolute atomic E-state index is 0.118. The van der Waals surface area contributed by atoms with E-state index in [-0.39, 0.29) is 24.5 Å². The number of esters is 1. The van der Waals surface area contributed by atoms with Crippen molar-refractivity contribution in [2.75, 3.05) is 11.9 Å². The van der Waals surface area contributed by atoms with Crippen molar-refractivity contribution < 1.29 is 19.1 Å². The fourth-order valence-corrected chi connectivity index (χ4v) is 3.13. The average molecular weight is 372 g/mol. The molecule has 1 saturated carbocycles. The van der Waals surface area contributed by atoms with Crippen LogP contribution in [-0.2, 0) is 9.53 Å². The van der Waals surface area contributed by atoms with E-state index in [1.165, 1.54) is 11.3 Å². The van der Waals surface area contributed by atoms with E-state index in [2.05, 4.69) is 10.6 Å². The number of carbonyl (C=O) groups excluding carboxylic acids is 3. The lowest BCUT2D eigenvalue weighted by atomic mass is 10.2. The topological polar surface area (TPSA) is 84.5 Å². The van der Waals surface area contributed by atoms with Crippen molar-refractivity contribution in [2.45, 2.75) is 25.8 Å². The number of nitrogens with one attached hydrogen (secondary N) is 2. The fourth-order valence-electron chi connectivity index (χ4n) is 2.51. The lowest BCUT2D eigenvalue weighted by Crippen LogP contribution is -2.37. The molecule has 1 fully saturated rings. The van der Waals surface area contributed by atoms with E-state index in [1.807, 2.05) is 12.3 Å². The molecule has 26 heavy (non-hydrogen) atoms. The number of ether oxygens (including phenoxy) is 1. The molecule has 0 spiro atoms. The zero-order chi connectivity index (χ0) is 18.5. The van der Waals surface area contributed by atoms with Crippen molar-refractivity contribution in [1.82, 2.24) is 5.32 Å². The zero-order valence-corrected chi connectivity index (χ0v) is 15.2. The number of thiophene rings is 1. The molecular weight excluding hydrogens is 352 g/mol. The summed E-state index contributed by atoms with van der Waals surface area (Å²) >= 11 is 1.35. The van der Waals surface area contributed by atoms with Crippen molar-refractivity contribution in [1.29, 1.82) is 0 Å². The number of hydrogen-bond acceptors (Lipinski definition) is 5. The highest BCUT2D eigenvalue weighted by atomic mass is 32.1. The van der Waals surface area contributed by atoms with Crippen LogP contribution in [0.25, 0.3) is 0 Å². The van der Waals surface area contributed by atoms with Gasteiger partial charge >= 0.3 is 5.97 Å². The van der Waals surface area contributed by atoms with Crippen molar-refractivity contribution in [3.05, 3.63) is 52.2 Å². The van der Waals surface area contributed by atoms with Crippen LogP contribution in [0.5, 0.6) is 0 Å². The maximum absolute atomic E-state index is 12.0. The van der Waals surface area contributed by atoms with Crippen LogP contribution in [0.15, 0.2) is 41.8 Å². The fraction of sp³-hybridized carbons (Fsp3) is 0.316. The summed E-state index contributed by atoms with van der Waals surface area (Å²) in [4.78, 5) is 36.4. The second-order valence-electron chi connectivity index (χ2n) is 6.28. The number of rotatable bonds is 7. The first kappa shape index (κ1) is 18.1. The Labute approximate surface area is 155 Å². The Balaban J connectivity index is 1.47. The molecule has 1 atom stereocenters. The van der Waals surface area contributed by atoms with Gasteiger partial charge in [0.05, 0.1) is 10.4 Å². The molecule has 2 aromatic rings. The Kier molecular flexibility index (Phi) is 5.68. The van der Waals surface area contributed by atoms with Gasteiger partial charge in [-0.2, -0.15) is 0 Å². The lowest BCUT2D eigenvalue weighted by molar-refractivity contribution is -0.124. The SMILES string of the molecule is CC(NC(=O)COC(=O)c1ccc(NC(=O)c2cccs2)cc1)C1CC1. The smallest absolute Gasteiger partial charge is 0.338 e. The molecule has 1 aromatic heterocycles. The highest BCUT2D eigenvalue weighted by Gasteiger charge is 2.29. The quantitative estimate of drug-likeness (QED) is 0.732. The highest BCUT2D eigenvalue weighted by molar-refractivity contribution is 7.12. The summed E-state index contributed by atoms with van der Waals surface area (Å²) in [5.41, 5.74) is 0.901. The van der Waals surface area contributed by atoms with Crippen LogP contribution in [-0.4, -0.2) is 30.4 Å². The zero-order valence-electron chi connectivity index (χ0n) is 14.4. The second kappa shape index (κ2) is 8.14. The van der Waals surface area contributed by atoms with Gasteiger partial charge in [0.1, 0.15) is 0 Å². The Morgan fingerprint density at radius 1 is 1.19 bits per heavy atom. The van der Waals surface area contributed by atoms with Crippen LogP contribution in [0.4, 0.5) is 5.69 Å². The molecule has 7 heteroatoms. The maximum Gasteiger partial charge on any atom is 0.338 e. The Bertz CT molecular complexity index is 782. The van der Waals surface area contributed by atoms with E-state index in [0.717, 1.165) is 12.8 Å². The summed E-state index contributed by atoms with van der Waals surface area (Å²) in [7, 11) is 0. The van der Waals surface area contributed by atoms with Gasteiger partial charge in [0.15, 0.2) is 6.61 Å². The standard InChI is InChI=1S/C19H20N2O4S/c1-12(13-4-5-13)20-17(22)11-25-19(24)14-6-8-15(9-7-14)21-18(23)16-3-2-10-26-16/h2-3,6-10,12-13H,4-5,11H2,1H3,(H,20,22)(H,21,23). The summed E-state index contributed by atoms with van der Waals surface area (Å²) in [5, 5.41) is 7.41. The van der Waals surface area contributed by atoms with E-state index in [4.69, 9.17) is 4.74 Å². The molecule has 2 N–H and O–H groups in total. The Morgan fingerprint density at radius 2 is 1.92 bits per heavy atom. The number of carbonyl (C=O) groups is 3. The molecule has 1 unspecified atom stereocenters. The van der Waals surface area contributed by atoms with Gasteiger partial charge in [-0.15, -0.1) is 11.3 Å². The van der Waals surface area contributed by atoms with Gasteiger partial charge in [0.2, 0.25) is 0 Å². The van der Waals surface area contributed by atoms with Crippen molar-refractivity contribution in [3.8, 4) is 0 Å². The van der Waals surface area contributed by atoms with Gasteiger partial charge < -0.3 is 15.4 Å². The van der Waals surface area contributed by atoms with Crippen LogP contribution in [0.3, 0.4) is 0 Å². The van der Waals surface area contributed by atoms with Gasteiger partial charge in [-0.05, 0) is 61.4 Å². The van der Waals surface area contributed by atoms with Crippen molar-refractivity contribution >= 4 is 34.8 Å². The summed E-state index contributed by atoms with van der Waals surface area (Å²) in [6.07, 6.45) is 2.27. The Morgan fingerprint density at radius 3 is 2.54 bits per heavy atom. The number of benzene rings is 1. The minimum atomic E-state index is -0.574. The third kappa shape index (κ3) is 4.92. The number of amides is 2. The molecule has 0 radical (unpaired) electrons. The van der Waals surface area contributed by atoms with Crippen molar-refractivity contribution in [3.63, 3.8) is 0 Å². The van der Waals surface area contributed by atoms with Crippen LogP contribution >= 0.6 is 11.3 Å². The van der Waals surface area contributed by atoms with E-state index >= 15 is 0 Å². The first-order chi connectivity index (χ1) is 12.5. The highest BCUT2D eigenvalue weighted by Crippen LogP contribution is 2.32. The molecule has 1 aromatic carbocycles. The molecule has 1 aliphatic rings. The lowest BCUT2D eigenvalue weighted by Gasteiger charge is -2.12. The normalized spacial score (nSPS) is 14.3. The molecule has 0 saturated heterocycles. The second-order valence-corrected chi connectivity index (χ2v) is 7.23. The monoisotopic (exact) mass is 372 g/mol. The van der Waals surface area contributed by atoms with Crippen LogP contribution in [0.2, 0.25) is 0 Å². The van der Waals surface area contributed by atoms with E-state index in [0.29, 0.717) is 22.0 Å². The predicted molar refractivity (Wildman–Crippen MR) is 99.3 cm³/mol. The van der Waals surface area contributed by atoms with E-state index < -0.39 is 5.97 Å². The molecule has 0 bridgehead atoms. The van der Waals surface area contributed by atoms with Gasteiger partial charge in [-0.25, -0.2) is 4.79 Å². The van der Waals surface area contributed by atoms with Crippen molar-refractivity contribution in [2.24, 2.45) is 5.92 Å². The maximum atomic E-state index is 12.0. The predicted octanol–water partition coefficient (Wildman–Crippen LogP) is 3.07. The first-order valence-corrected chi connectivity index (χ1v) is 9.32. The molecule has 0 aliphatic heterocycles. The first-order valence-electron chi connectivity index (χ1n) is 8.44. The van der Waals surface area contributed by atoms with Gasteiger partial charge in [0, 0.05) is 11.7 Å².